The largest absolute Gasteiger partial charge is 0.382 e. The van der Waals surface area contributed by atoms with Gasteiger partial charge in [-0.25, -0.2) is 15.0 Å². The molecule has 10 heteroatoms. The van der Waals surface area contributed by atoms with Crippen LogP contribution in [0, 0.1) is 0 Å². The SMILES string of the molecule is Nc1ncnc2c1ncn2[C@H]1CC[C@@H](/C=C/P(=O)(O)O)O1. The highest BCUT2D eigenvalue weighted by atomic mass is 31.2. The van der Waals surface area contributed by atoms with Gasteiger partial charge in [0, 0.05) is 5.82 Å². The molecule has 0 bridgehead atoms. The number of nitrogens with zero attached hydrogens (tertiary/aromatic N) is 4. The molecule has 1 fully saturated rings. The molecule has 3 rings (SSSR count). The van der Waals surface area contributed by atoms with Gasteiger partial charge in [-0.2, -0.15) is 0 Å². The third kappa shape index (κ3) is 2.96. The van der Waals surface area contributed by atoms with Crippen molar-refractivity contribution in [3.8, 4) is 0 Å². The van der Waals surface area contributed by atoms with Crippen LogP contribution in [0.15, 0.2) is 24.5 Å². The molecule has 1 aliphatic rings. The summed E-state index contributed by atoms with van der Waals surface area (Å²) in [5, 5.41) is 0. The first-order valence-corrected chi connectivity index (χ1v) is 7.95. The van der Waals surface area contributed by atoms with Gasteiger partial charge < -0.3 is 20.3 Å². The van der Waals surface area contributed by atoms with Crippen molar-refractivity contribution < 1.29 is 19.1 Å². The smallest absolute Gasteiger partial charge is 0.348 e. The van der Waals surface area contributed by atoms with Crippen molar-refractivity contribution >= 4 is 24.6 Å². The van der Waals surface area contributed by atoms with Crippen LogP contribution < -0.4 is 5.73 Å². The Hall–Kier alpha value is -1.80. The molecule has 1 aliphatic heterocycles. The maximum atomic E-state index is 10.8. The highest BCUT2D eigenvalue weighted by molar-refractivity contribution is 7.55. The number of nitrogen functional groups attached to an aromatic ring is 1. The Morgan fingerprint density at radius 3 is 2.95 bits per heavy atom. The van der Waals surface area contributed by atoms with E-state index in [-0.39, 0.29) is 12.3 Å². The molecular formula is C11H14N5O4P. The lowest BCUT2D eigenvalue weighted by atomic mass is 10.2. The second kappa shape index (κ2) is 5.19. The van der Waals surface area contributed by atoms with Crippen molar-refractivity contribution in [1.29, 1.82) is 0 Å². The molecule has 2 aromatic rings. The molecule has 2 atom stereocenters. The number of hydrogen-bond acceptors (Lipinski definition) is 6. The van der Waals surface area contributed by atoms with Crippen LogP contribution in [0.3, 0.4) is 0 Å². The molecule has 0 radical (unpaired) electrons. The van der Waals surface area contributed by atoms with Crippen LogP contribution in [0.2, 0.25) is 0 Å². The fourth-order valence-electron chi connectivity index (χ4n) is 2.28. The van der Waals surface area contributed by atoms with Gasteiger partial charge in [0.05, 0.1) is 12.4 Å². The monoisotopic (exact) mass is 311 g/mol. The van der Waals surface area contributed by atoms with Crippen molar-refractivity contribution in [2.75, 3.05) is 5.73 Å². The van der Waals surface area contributed by atoms with Crippen molar-refractivity contribution in [3.63, 3.8) is 0 Å². The van der Waals surface area contributed by atoms with Crippen LogP contribution in [0.4, 0.5) is 5.82 Å². The highest BCUT2D eigenvalue weighted by Gasteiger charge is 2.27. The first-order valence-electron chi connectivity index (χ1n) is 6.27. The summed E-state index contributed by atoms with van der Waals surface area (Å²) < 4.78 is 18.3. The molecule has 21 heavy (non-hydrogen) atoms. The number of hydrogen-bond donors (Lipinski definition) is 3. The molecule has 0 aliphatic carbocycles. The predicted molar refractivity (Wildman–Crippen MR) is 74.1 cm³/mol. The van der Waals surface area contributed by atoms with Gasteiger partial charge in [-0.3, -0.25) is 9.13 Å². The average Bonchev–Trinajstić information content (AvgIpc) is 3.02. The number of aromatic nitrogens is 4. The van der Waals surface area contributed by atoms with Gasteiger partial charge in [0.1, 0.15) is 18.1 Å². The van der Waals surface area contributed by atoms with E-state index in [9.17, 15) is 4.57 Å². The van der Waals surface area contributed by atoms with E-state index in [0.717, 1.165) is 5.82 Å². The Morgan fingerprint density at radius 2 is 2.19 bits per heavy atom. The number of imidazole rings is 1. The fourth-order valence-corrected chi connectivity index (χ4v) is 2.70. The van der Waals surface area contributed by atoms with E-state index in [2.05, 4.69) is 15.0 Å². The number of fused-ring (bicyclic) bond motifs is 1. The van der Waals surface area contributed by atoms with E-state index < -0.39 is 7.60 Å². The van der Waals surface area contributed by atoms with Gasteiger partial charge in [-0.05, 0) is 18.9 Å². The molecule has 0 spiro atoms. The second-order valence-electron chi connectivity index (χ2n) is 4.72. The Bertz CT molecular complexity index is 739. The average molecular weight is 311 g/mol. The van der Waals surface area contributed by atoms with Crippen molar-refractivity contribution in [2.24, 2.45) is 0 Å². The Morgan fingerprint density at radius 1 is 1.38 bits per heavy atom. The Labute approximate surface area is 119 Å². The molecule has 0 aromatic carbocycles. The summed E-state index contributed by atoms with van der Waals surface area (Å²) in [6.07, 6.45) is 5.02. The molecule has 2 aromatic heterocycles. The zero-order valence-corrected chi connectivity index (χ0v) is 11.8. The summed E-state index contributed by atoms with van der Waals surface area (Å²) in [5.41, 5.74) is 6.81. The maximum Gasteiger partial charge on any atom is 0.348 e. The highest BCUT2D eigenvalue weighted by Crippen LogP contribution is 2.38. The van der Waals surface area contributed by atoms with Gasteiger partial charge >= 0.3 is 7.60 Å². The van der Waals surface area contributed by atoms with Crippen LogP contribution >= 0.6 is 7.60 Å². The van der Waals surface area contributed by atoms with Crippen LogP contribution in [0.1, 0.15) is 19.1 Å². The molecule has 112 valence electrons. The molecule has 0 saturated carbocycles. The van der Waals surface area contributed by atoms with Gasteiger partial charge in [-0.1, -0.05) is 0 Å². The van der Waals surface area contributed by atoms with Gasteiger partial charge in [0.15, 0.2) is 11.5 Å². The Kier molecular flexibility index (Phi) is 3.50. The van der Waals surface area contributed by atoms with Gasteiger partial charge in [0.25, 0.3) is 0 Å². The zero-order chi connectivity index (χ0) is 15.0. The summed E-state index contributed by atoms with van der Waals surface area (Å²) in [5.74, 6) is 1.17. The molecule has 0 unspecified atom stereocenters. The number of anilines is 1. The van der Waals surface area contributed by atoms with Crippen LogP contribution in [0.25, 0.3) is 11.2 Å². The number of ether oxygens (including phenoxy) is 1. The standard InChI is InChI=1S/C11H14N5O4P/c12-10-9-11(14-5-13-10)16(6-15-9)8-2-1-7(20-8)3-4-21(17,18)19/h3-8H,1-2H2,(H2,12,13,14)(H2,17,18,19)/b4-3+/t7-,8+/m0/s1. The van der Waals surface area contributed by atoms with Crippen LogP contribution in [-0.4, -0.2) is 35.4 Å². The summed E-state index contributed by atoms with van der Waals surface area (Å²) in [7, 11) is -4.16. The lowest BCUT2D eigenvalue weighted by Gasteiger charge is -2.13. The number of rotatable bonds is 3. The minimum atomic E-state index is -4.16. The van der Waals surface area contributed by atoms with E-state index in [1.165, 1.54) is 12.4 Å². The normalized spacial score (nSPS) is 23.3. The first kappa shape index (κ1) is 14.2. The minimum Gasteiger partial charge on any atom is -0.382 e. The molecule has 9 nitrogen and oxygen atoms in total. The van der Waals surface area contributed by atoms with Crippen molar-refractivity contribution in [1.82, 2.24) is 19.5 Å². The lowest BCUT2D eigenvalue weighted by Crippen LogP contribution is -2.09. The fraction of sp³-hybridized carbons (Fsp3) is 0.364. The quantitative estimate of drug-likeness (QED) is 0.707. The molecule has 0 amide bonds. The van der Waals surface area contributed by atoms with Gasteiger partial charge in [0.2, 0.25) is 0 Å². The number of nitrogens with two attached hydrogens (primary N) is 1. The van der Waals surface area contributed by atoms with E-state index >= 15 is 0 Å². The van der Waals surface area contributed by atoms with Crippen molar-refractivity contribution in [3.05, 3.63) is 24.5 Å². The predicted octanol–water partition coefficient (Wildman–Crippen LogP) is 0.777. The second-order valence-corrected chi connectivity index (χ2v) is 6.20. The third-order valence-electron chi connectivity index (χ3n) is 3.22. The van der Waals surface area contributed by atoms with E-state index in [0.29, 0.717) is 29.8 Å². The first-order chi connectivity index (χ1) is 9.94. The van der Waals surface area contributed by atoms with Crippen LogP contribution in [0.5, 0.6) is 0 Å². The molecule has 4 N–H and O–H groups in total. The summed E-state index contributed by atoms with van der Waals surface area (Å²) in [4.78, 5) is 29.8. The molecular weight excluding hydrogens is 297 g/mol. The van der Waals surface area contributed by atoms with E-state index in [4.69, 9.17) is 20.3 Å². The maximum absolute atomic E-state index is 10.8. The Balaban J connectivity index is 1.81. The van der Waals surface area contributed by atoms with Crippen LogP contribution in [-0.2, 0) is 9.30 Å². The molecule has 3 heterocycles. The van der Waals surface area contributed by atoms with Gasteiger partial charge in [-0.15, -0.1) is 0 Å². The van der Waals surface area contributed by atoms with E-state index in [1.54, 1.807) is 10.9 Å². The molecule has 1 saturated heterocycles. The van der Waals surface area contributed by atoms with Crippen molar-refractivity contribution in [2.45, 2.75) is 25.2 Å². The zero-order valence-electron chi connectivity index (χ0n) is 10.9. The topological polar surface area (TPSA) is 136 Å². The minimum absolute atomic E-state index is 0.296. The lowest BCUT2D eigenvalue weighted by molar-refractivity contribution is 0.0259. The third-order valence-corrected chi connectivity index (χ3v) is 3.78. The van der Waals surface area contributed by atoms with E-state index in [1.807, 2.05) is 0 Å². The summed E-state index contributed by atoms with van der Waals surface area (Å²) in [6.45, 7) is 0. The summed E-state index contributed by atoms with van der Waals surface area (Å²) >= 11 is 0. The summed E-state index contributed by atoms with van der Waals surface area (Å²) in [6, 6.07) is 0.